The molecule has 1 aliphatic rings. The van der Waals surface area contributed by atoms with Crippen molar-refractivity contribution in [3.05, 3.63) is 34.3 Å². The summed E-state index contributed by atoms with van der Waals surface area (Å²) in [5, 5.41) is 0. The van der Waals surface area contributed by atoms with Crippen molar-refractivity contribution in [2.24, 2.45) is 0 Å². The third-order valence-corrected chi connectivity index (χ3v) is 5.15. The largest absolute Gasteiger partial charge is 0.229 e. The van der Waals surface area contributed by atoms with Gasteiger partial charge >= 0.3 is 0 Å². The fourth-order valence-corrected chi connectivity index (χ4v) is 4.03. The monoisotopic (exact) mass is 288 g/mol. The highest BCUT2D eigenvalue weighted by Gasteiger charge is 2.25. The number of rotatable bonds is 1. The molecule has 0 amide bonds. The van der Waals surface area contributed by atoms with E-state index in [2.05, 4.69) is 15.9 Å². The van der Waals surface area contributed by atoms with Crippen LogP contribution in [0, 0.1) is 0 Å². The molecule has 0 saturated carbocycles. The zero-order valence-electron chi connectivity index (χ0n) is 8.32. The second kappa shape index (κ2) is 4.26. The first-order valence-corrected chi connectivity index (χ1v) is 7.64. The average Bonchev–Trinajstić information content (AvgIpc) is 2.17. The van der Waals surface area contributed by atoms with E-state index < -0.39 is 9.84 Å². The van der Waals surface area contributed by atoms with Gasteiger partial charge in [-0.05, 0) is 36.5 Å². The Hall–Kier alpha value is -0.350. The predicted molar refractivity (Wildman–Crippen MR) is 64.8 cm³/mol. The first-order chi connectivity index (χ1) is 7.07. The van der Waals surface area contributed by atoms with Crippen LogP contribution in [0.1, 0.15) is 24.3 Å². The van der Waals surface area contributed by atoms with E-state index in [1.165, 1.54) is 0 Å². The molecule has 1 atom stereocenters. The molecule has 1 saturated heterocycles. The van der Waals surface area contributed by atoms with Gasteiger partial charge < -0.3 is 0 Å². The molecular formula is C11H13BrO2S. The quantitative estimate of drug-likeness (QED) is 0.796. The molecule has 2 nitrogen and oxygen atoms in total. The standard InChI is InChI=1S/C11H13BrO2S/c12-11-5-3-9(4-6-11)10-2-1-7-15(13,14)8-10/h3-6,10H,1-2,7-8H2. The van der Waals surface area contributed by atoms with Gasteiger partial charge in [-0.3, -0.25) is 0 Å². The van der Waals surface area contributed by atoms with Gasteiger partial charge in [0.2, 0.25) is 0 Å². The lowest BCUT2D eigenvalue weighted by Gasteiger charge is -2.22. The number of sulfone groups is 1. The van der Waals surface area contributed by atoms with E-state index in [-0.39, 0.29) is 5.92 Å². The summed E-state index contributed by atoms with van der Waals surface area (Å²) in [5.41, 5.74) is 1.14. The maximum absolute atomic E-state index is 11.5. The van der Waals surface area contributed by atoms with Crippen LogP contribution in [0.3, 0.4) is 0 Å². The van der Waals surface area contributed by atoms with Gasteiger partial charge in [-0.15, -0.1) is 0 Å². The molecule has 1 fully saturated rings. The molecule has 1 aromatic rings. The third kappa shape index (κ3) is 2.82. The average molecular weight is 289 g/mol. The van der Waals surface area contributed by atoms with Crippen molar-refractivity contribution in [3.63, 3.8) is 0 Å². The predicted octanol–water partition coefficient (Wildman–Crippen LogP) is 2.74. The Morgan fingerprint density at radius 3 is 2.47 bits per heavy atom. The minimum atomic E-state index is -2.80. The van der Waals surface area contributed by atoms with E-state index in [0.717, 1.165) is 22.9 Å². The zero-order valence-corrected chi connectivity index (χ0v) is 10.7. The Morgan fingerprint density at radius 2 is 1.87 bits per heavy atom. The van der Waals surface area contributed by atoms with Crippen molar-refractivity contribution in [2.75, 3.05) is 11.5 Å². The zero-order chi connectivity index (χ0) is 10.9. The number of benzene rings is 1. The van der Waals surface area contributed by atoms with E-state index >= 15 is 0 Å². The van der Waals surface area contributed by atoms with E-state index in [0.29, 0.717) is 11.5 Å². The molecule has 0 aromatic heterocycles. The van der Waals surface area contributed by atoms with Crippen LogP contribution >= 0.6 is 15.9 Å². The lowest BCUT2D eigenvalue weighted by atomic mass is 9.96. The molecule has 1 unspecified atom stereocenters. The highest BCUT2D eigenvalue weighted by molar-refractivity contribution is 9.10. The minimum Gasteiger partial charge on any atom is -0.229 e. The summed E-state index contributed by atoms with van der Waals surface area (Å²) in [6.45, 7) is 0. The van der Waals surface area contributed by atoms with Gasteiger partial charge in [0.15, 0.2) is 9.84 Å². The fraction of sp³-hybridized carbons (Fsp3) is 0.455. The summed E-state index contributed by atoms with van der Waals surface area (Å²) in [6, 6.07) is 7.96. The molecule has 0 bridgehead atoms. The topological polar surface area (TPSA) is 34.1 Å². The summed E-state index contributed by atoms with van der Waals surface area (Å²) in [7, 11) is -2.80. The van der Waals surface area contributed by atoms with Crippen LogP contribution in [-0.2, 0) is 9.84 Å². The maximum atomic E-state index is 11.5. The van der Waals surface area contributed by atoms with Crippen LogP contribution in [0.2, 0.25) is 0 Å². The molecular weight excluding hydrogens is 276 g/mol. The third-order valence-electron chi connectivity index (χ3n) is 2.80. The summed E-state index contributed by atoms with van der Waals surface area (Å²) in [5.74, 6) is 0.867. The smallest absolute Gasteiger partial charge is 0.150 e. The summed E-state index contributed by atoms with van der Waals surface area (Å²) in [4.78, 5) is 0. The van der Waals surface area contributed by atoms with Crippen LogP contribution in [0.15, 0.2) is 28.7 Å². The highest BCUT2D eigenvalue weighted by Crippen LogP contribution is 2.28. The van der Waals surface area contributed by atoms with Crippen LogP contribution in [0.5, 0.6) is 0 Å². The van der Waals surface area contributed by atoms with Crippen LogP contribution in [0.25, 0.3) is 0 Å². The summed E-state index contributed by atoms with van der Waals surface area (Å²) >= 11 is 3.37. The Morgan fingerprint density at radius 1 is 1.20 bits per heavy atom. The number of halogens is 1. The normalized spacial score (nSPS) is 25.0. The van der Waals surface area contributed by atoms with Crippen LogP contribution < -0.4 is 0 Å². The first kappa shape index (κ1) is 11.1. The maximum Gasteiger partial charge on any atom is 0.150 e. The highest BCUT2D eigenvalue weighted by atomic mass is 79.9. The molecule has 1 heterocycles. The molecule has 0 N–H and O–H groups in total. The summed E-state index contributed by atoms with van der Waals surface area (Å²) in [6.07, 6.45) is 1.78. The van der Waals surface area contributed by atoms with E-state index in [4.69, 9.17) is 0 Å². The van der Waals surface area contributed by atoms with E-state index in [9.17, 15) is 8.42 Å². The molecule has 2 rings (SSSR count). The fourth-order valence-electron chi connectivity index (χ4n) is 2.02. The Balaban J connectivity index is 2.21. The van der Waals surface area contributed by atoms with Crippen molar-refractivity contribution < 1.29 is 8.42 Å². The molecule has 82 valence electrons. The summed E-state index contributed by atoms with van der Waals surface area (Å²) < 4.78 is 24.0. The number of hydrogen-bond donors (Lipinski definition) is 0. The second-order valence-electron chi connectivity index (χ2n) is 4.01. The lowest BCUT2D eigenvalue weighted by molar-refractivity contribution is 0.554. The van der Waals surface area contributed by atoms with Gasteiger partial charge in [-0.25, -0.2) is 8.42 Å². The molecule has 1 aliphatic heterocycles. The van der Waals surface area contributed by atoms with Gasteiger partial charge in [0, 0.05) is 4.47 Å². The molecule has 1 aromatic carbocycles. The van der Waals surface area contributed by atoms with Crippen LogP contribution in [0.4, 0.5) is 0 Å². The molecule has 15 heavy (non-hydrogen) atoms. The molecule has 0 radical (unpaired) electrons. The Bertz CT molecular complexity index is 436. The van der Waals surface area contributed by atoms with Crippen molar-refractivity contribution in [2.45, 2.75) is 18.8 Å². The van der Waals surface area contributed by atoms with Gasteiger partial charge in [0.25, 0.3) is 0 Å². The van der Waals surface area contributed by atoms with Gasteiger partial charge in [-0.2, -0.15) is 0 Å². The molecule has 0 spiro atoms. The van der Waals surface area contributed by atoms with Crippen LogP contribution in [-0.4, -0.2) is 19.9 Å². The Labute approximate surface area is 98.7 Å². The van der Waals surface area contributed by atoms with Crippen molar-refractivity contribution in [1.82, 2.24) is 0 Å². The lowest BCUT2D eigenvalue weighted by Crippen LogP contribution is -2.23. The minimum absolute atomic E-state index is 0.192. The Kier molecular flexibility index (Phi) is 3.16. The van der Waals surface area contributed by atoms with Gasteiger partial charge in [0.1, 0.15) is 0 Å². The molecule has 0 aliphatic carbocycles. The van der Waals surface area contributed by atoms with Crippen molar-refractivity contribution >= 4 is 25.8 Å². The van der Waals surface area contributed by atoms with Gasteiger partial charge in [0.05, 0.1) is 11.5 Å². The van der Waals surface area contributed by atoms with E-state index in [1.807, 2.05) is 24.3 Å². The van der Waals surface area contributed by atoms with Gasteiger partial charge in [-0.1, -0.05) is 28.1 Å². The number of hydrogen-bond acceptors (Lipinski definition) is 2. The first-order valence-electron chi connectivity index (χ1n) is 5.03. The van der Waals surface area contributed by atoms with E-state index in [1.54, 1.807) is 0 Å². The van der Waals surface area contributed by atoms with Crippen molar-refractivity contribution in [1.29, 1.82) is 0 Å². The molecule has 4 heteroatoms. The second-order valence-corrected chi connectivity index (χ2v) is 7.15. The SMILES string of the molecule is O=S1(=O)CCCC(c2ccc(Br)cc2)C1. The van der Waals surface area contributed by atoms with Crippen molar-refractivity contribution in [3.8, 4) is 0 Å².